The van der Waals surface area contributed by atoms with Gasteiger partial charge in [-0.2, -0.15) is 0 Å². The van der Waals surface area contributed by atoms with Crippen molar-refractivity contribution in [1.82, 2.24) is 0 Å². The van der Waals surface area contributed by atoms with E-state index in [4.69, 9.17) is 0 Å². The molecule has 12 heavy (non-hydrogen) atoms. The Bertz CT molecular complexity index is 208. The van der Waals surface area contributed by atoms with Gasteiger partial charge in [-0.05, 0) is 37.0 Å². The second kappa shape index (κ2) is 2.05. The van der Waals surface area contributed by atoms with Gasteiger partial charge in [-0.25, -0.2) is 0 Å². The third-order valence-electron chi connectivity index (χ3n) is 4.36. The second-order valence-electron chi connectivity index (χ2n) is 5.28. The Balaban J connectivity index is 2.27. The van der Waals surface area contributed by atoms with Gasteiger partial charge < -0.3 is 10.2 Å². The summed E-state index contributed by atoms with van der Waals surface area (Å²) in [4.78, 5) is 0. The summed E-state index contributed by atoms with van der Waals surface area (Å²) in [6, 6.07) is 0. The fraction of sp³-hybridized carbons (Fsp3) is 1.00. The summed E-state index contributed by atoms with van der Waals surface area (Å²) in [6.07, 6.45) is 1.36. The fourth-order valence-corrected chi connectivity index (χ4v) is 3.15. The molecule has 2 N–H and O–H groups in total. The van der Waals surface area contributed by atoms with Gasteiger partial charge in [-0.3, -0.25) is 0 Å². The number of aliphatic hydroxyl groups excluding tert-OH is 1. The number of fused-ring (bicyclic) bond motifs is 2. The van der Waals surface area contributed by atoms with Gasteiger partial charge in [-0.15, -0.1) is 0 Å². The van der Waals surface area contributed by atoms with Gasteiger partial charge in [0, 0.05) is 0 Å². The Morgan fingerprint density at radius 3 is 2.08 bits per heavy atom. The summed E-state index contributed by atoms with van der Waals surface area (Å²) in [5.74, 6) is 0.913. The van der Waals surface area contributed by atoms with Crippen LogP contribution in [0, 0.1) is 17.3 Å². The molecule has 0 aromatic carbocycles. The van der Waals surface area contributed by atoms with E-state index in [-0.39, 0.29) is 5.41 Å². The third kappa shape index (κ3) is 0.775. The fourth-order valence-electron chi connectivity index (χ4n) is 3.15. The van der Waals surface area contributed by atoms with Crippen LogP contribution in [0.5, 0.6) is 0 Å². The largest absolute Gasteiger partial charge is 0.390 e. The molecular weight excluding hydrogens is 152 g/mol. The van der Waals surface area contributed by atoms with E-state index in [2.05, 4.69) is 13.8 Å². The molecule has 3 rings (SSSR count). The first-order valence-electron chi connectivity index (χ1n) is 4.77. The standard InChI is InChI=1S/C10H18O2/c1-9(2)6-4-7(9)10(3,12)8(11)5-6/h6-8,11-12H,4-5H2,1-3H3/t6?,7?,8?,10-/m0/s1. The van der Waals surface area contributed by atoms with E-state index in [9.17, 15) is 10.2 Å². The van der Waals surface area contributed by atoms with Crippen LogP contribution in [0.1, 0.15) is 33.6 Å². The molecule has 0 aliphatic heterocycles. The van der Waals surface area contributed by atoms with Crippen LogP contribution in [0.2, 0.25) is 0 Å². The van der Waals surface area contributed by atoms with Crippen molar-refractivity contribution in [3.05, 3.63) is 0 Å². The van der Waals surface area contributed by atoms with Gasteiger partial charge in [-0.1, -0.05) is 13.8 Å². The summed E-state index contributed by atoms with van der Waals surface area (Å²) in [7, 11) is 0. The van der Waals surface area contributed by atoms with Crippen LogP contribution in [0.4, 0.5) is 0 Å². The smallest absolute Gasteiger partial charge is 0.0910 e. The number of rotatable bonds is 0. The minimum absolute atomic E-state index is 0.239. The summed E-state index contributed by atoms with van der Waals surface area (Å²) < 4.78 is 0. The molecule has 0 saturated heterocycles. The third-order valence-corrected chi connectivity index (χ3v) is 4.36. The van der Waals surface area contributed by atoms with Crippen molar-refractivity contribution in [1.29, 1.82) is 0 Å². The first kappa shape index (κ1) is 8.52. The van der Waals surface area contributed by atoms with Crippen molar-refractivity contribution < 1.29 is 10.2 Å². The lowest BCUT2D eigenvalue weighted by atomic mass is 9.43. The predicted molar refractivity (Wildman–Crippen MR) is 46.6 cm³/mol. The Hall–Kier alpha value is -0.0800. The van der Waals surface area contributed by atoms with E-state index >= 15 is 0 Å². The zero-order chi connectivity index (χ0) is 9.15. The highest BCUT2D eigenvalue weighted by Crippen LogP contribution is 2.62. The van der Waals surface area contributed by atoms with Crippen LogP contribution in [0.15, 0.2) is 0 Å². The Morgan fingerprint density at radius 2 is 1.75 bits per heavy atom. The molecule has 0 aromatic rings. The molecule has 2 nitrogen and oxygen atoms in total. The zero-order valence-corrected chi connectivity index (χ0v) is 8.04. The molecular formula is C10H18O2. The molecule has 0 spiro atoms. The Kier molecular flexibility index (Phi) is 1.45. The van der Waals surface area contributed by atoms with E-state index in [1.54, 1.807) is 6.92 Å². The second-order valence-corrected chi connectivity index (χ2v) is 5.28. The van der Waals surface area contributed by atoms with Crippen molar-refractivity contribution in [3.8, 4) is 0 Å². The van der Waals surface area contributed by atoms with Gasteiger partial charge >= 0.3 is 0 Å². The lowest BCUT2D eigenvalue weighted by Gasteiger charge is -2.64. The average Bonchev–Trinajstić information content (AvgIpc) is 1.93. The predicted octanol–water partition coefficient (Wildman–Crippen LogP) is 1.16. The SMILES string of the molecule is CC1(C)C2CC(O)[C@@](C)(O)C1C2. The minimum atomic E-state index is -0.849. The molecule has 3 aliphatic rings. The highest BCUT2D eigenvalue weighted by atomic mass is 16.3. The lowest BCUT2D eigenvalue weighted by molar-refractivity contribution is -0.245. The quantitative estimate of drug-likeness (QED) is 0.573. The van der Waals surface area contributed by atoms with Crippen molar-refractivity contribution in [3.63, 3.8) is 0 Å². The molecule has 0 amide bonds. The highest BCUT2D eigenvalue weighted by molar-refractivity contribution is 5.12. The molecule has 70 valence electrons. The maximum atomic E-state index is 10.0. The van der Waals surface area contributed by atoms with E-state index in [0.29, 0.717) is 11.8 Å². The molecule has 0 heterocycles. The summed E-state index contributed by atoms with van der Waals surface area (Å²) in [5, 5.41) is 19.7. The van der Waals surface area contributed by atoms with Gasteiger partial charge in [0.2, 0.25) is 0 Å². The average molecular weight is 170 g/mol. The monoisotopic (exact) mass is 170 g/mol. The summed E-state index contributed by atoms with van der Waals surface area (Å²) >= 11 is 0. The van der Waals surface area contributed by atoms with Crippen LogP contribution in [0.25, 0.3) is 0 Å². The van der Waals surface area contributed by atoms with Gasteiger partial charge in [0.25, 0.3) is 0 Å². The molecule has 4 atom stereocenters. The molecule has 3 saturated carbocycles. The highest BCUT2D eigenvalue weighted by Gasteiger charge is 2.62. The molecule has 3 fully saturated rings. The number of hydrogen-bond donors (Lipinski definition) is 2. The zero-order valence-electron chi connectivity index (χ0n) is 8.04. The maximum absolute atomic E-state index is 10.0. The number of aliphatic hydroxyl groups is 2. The van der Waals surface area contributed by atoms with Crippen LogP contribution in [-0.4, -0.2) is 21.9 Å². The van der Waals surface area contributed by atoms with Crippen molar-refractivity contribution in [2.45, 2.75) is 45.3 Å². The van der Waals surface area contributed by atoms with Crippen molar-refractivity contribution in [2.75, 3.05) is 0 Å². The van der Waals surface area contributed by atoms with Crippen molar-refractivity contribution >= 4 is 0 Å². The lowest BCUT2D eigenvalue weighted by Crippen LogP contribution is -2.66. The first-order chi connectivity index (χ1) is 5.37. The topological polar surface area (TPSA) is 40.5 Å². The Morgan fingerprint density at radius 1 is 1.17 bits per heavy atom. The van der Waals surface area contributed by atoms with Gasteiger partial charge in [0.1, 0.15) is 0 Å². The van der Waals surface area contributed by atoms with Crippen LogP contribution < -0.4 is 0 Å². The normalized spacial score (nSPS) is 56.2. The Labute approximate surface area is 73.6 Å². The van der Waals surface area contributed by atoms with Gasteiger partial charge in [0.15, 0.2) is 0 Å². The molecule has 2 bridgehead atoms. The van der Waals surface area contributed by atoms with E-state index < -0.39 is 11.7 Å². The van der Waals surface area contributed by atoms with Crippen LogP contribution in [-0.2, 0) is 0 Å². The maximum Gasteiger partial charge on any atom is 0.0910 e. The molecule has 3 unspecified atom stereocenters. The first-order valence-corrected chi connectivity index (χ1v) is 4.77. The summed E-state index contributed by atoms with van der Waals surface area (Å²) in [6.45, 7) is 6.18. The van der Waals surface area contributed by atoms with Gasteiger partial charge in [0.05, 0.1) is 11.7 Å². The van der Waals surface area contributed by atoms with Crippen LogP contribution in [0.3, 0.4) is 0 Å². The molecule has 2 heteroatoms. The van der Waals surface area contributed by atoms with E-state index in [1.807, 2.05) is 0 Å². The molecule has 3 aliphatic carbocycles. The summed E-state index contributed by atoms with van der Waals surface area (Å²) in [5.41, 5.74) is -0.610. The van der Waals surface area contributed by atoms with E-state index in [1.165, 1.54) is 0 Å². The molecule has 0 aromatic heterocycles. The number of hydrogen-bond acceptors (Lipinski definition) is 2. The molecule has 0 radical (unpaired) electrons. The van der Waals surface area contributed by atoms with E-state index in [0.717, 1.165) is 12.8 Å². The van der Waals surface area contributed by atoms with Crippen LogP contribution >= 0.6 is 0 Å². The minimum Gasteiger partial charge on any atom is -0.390 e. The van der Waals surface area contributed by atoms with Crippen molar-refractivity contribution in [2.24, 2.45) is 17.3 Å².